The van der Waals surface area contributed by atoms with Crippen LogP contribution in [0.4, 0.5) is 4.39 Å². The smallest absolute Gasteiger partial charge is 0.127 e. The molecule has 0 radical (unpaired) electrons. The fraction of sp³-hybridized carbons (Fsp3) is 0.294. The number of rotatable bonds is 4. The highest BCUT2D eigenvalue weighted by molar-refractivity contribution is 9.10. The van der Waals surface area contributed by atoms with Crippen LogP contribution in [-0.2, 0) is 6.42 Å². The summed E-state index contributed by atoms with van der Waals surface area (Å²) in [5.74, 6) is 0.378. The maximum atomic E-state index is 13.8. The van der Waals surface area contributed by atoms with E-state index in [-0.39, 0.29) is 5.82 Å². The van der Waals surface area contributed by atoms with E-state index in [1.165, 1.54) is 24.5 Å². The molecule has 1 aliphatic rings. The largest absolute Gasteiger partial charge is 0.388 e. The van der Waals surface area contributed by atoms with E-state index in [9.17, 15) is 9.50 Å². The molecule has 1 nitrogen and oxygen atoms in total. The van der Waals surface area contributed by atoms with Crippen LogP contribution in [-0.4, -0.2) is 5.11 Å². The van der Waals surface area contributed by atoms with E-state index < -0.39 is 6.10 Å². The van der Waals surface area contributed by atoms with Gasteiger partial charge in [-0.2, -0.15) is 0 Å². The van der Waals surface area contributed by atoms with Crippen LogP contribution >= 0.6 is 15.9 Å². The van der Waals surface area contributed by atoms with Crippen LogP contribution in [0.15, 0.2) is 46.9 Å². The Labute approximate surface area is 126 Å². The minimum absolute atomic E-state index is 0.281. The van der Waals surface area contributed by atoms with Gasteiger partial charge in [-0.25, -0.2) is 4.39 Å². The maximum absolute atomic E-state index is 13.8. The van der Waals surface area contributed by atoms with Crippen molar-refractivity contribution in [2.75, 3.05) is 0 Å². The summed E-state index contributed by atoms with van der Waals surface area (Å²) in [7, 11) is 0. The lowest BCUT2D eigenvalue weighted by molar-refractivity contribution is 0.177. The van der Waals surface area contributed by atoms with Gasteiger partial charge in [0.1, 0.15) is 5.82 Å². The Morgan fingerprint density at radius 1 is 1.20 bits per heavy atom. The molecule has 0 aromatic heterocycles. The molecule has 20 heavy (non-hydrogen) atoms. The van der Waals surface area contributed by atoms with Crippen LogP contribution in [0.1, 0.15) is 41.6 Å². The molecular formula is C17H16BrFO. The zero-order valence-electron chi connectivity index (χ0n) is 11.0. The van der Waals surface area contributed by atoms with Crippen molar-refractivity contribution in [3.8, 4) is 0 Å². The van der Waals surface area contributed by atoms with Crippen LogP contribution in [0.2, 0.25) is 0 Å². The van der Waals surface area contributed by atoms with Gasteiger partial charge in [0.15, 0.2) is 0 Å². The molecule has 1 atom stereocenters. The molecule has 0 aliphatic heterocycles. The van der Waals surface area contributed by atoms with Gasteiger partial charge in [0.25, 0.3) is 0 Å². The lowest BCUT2D eigenvalue weighted by Gasteiger charge is -2.13. The van der Waals surface area contributed by atoms with Gasteiger partial charge >= 0.3 is 0 Å². The van der Waals surface area contributed by atoms with Crippen molar-refractivity contribution < 1.29 is 9.50 Å². The number of aliphatic hydroxyl groups is 1. The van der Waals surface area contributed by atoms with E-state index >= 15 is 0 Å². The molecule has 2 aromatic rings. The monoisotopic (exact) mass is 334 g/mol. The topological polar surface area (TPSA) is 20.2 Å². The average Bonchev–Trinajstić information content (AvgIpc) is 3.26. The maximum Gasteiger partial charge on any atom is 0.127 e. The molecule has 0 heterocycles. The van der Waals surface area contributed by atoms with Crippen LogP contribution in [0.3, 0.4) is 0 Å². The molecule has 1 saturated carbocycles. The van der Waals surface area contributed by atoms with Crippen molar-refractivity contribution in [3.05, 3.63) is 69.4 Å². The average molecular weight is 335 g/mol. The van der Waals surface area contributed by atoms with Gasteiger partial charge in [-0.05, 0) is 47.6 Å². The van der Waals surface area contributed by atoms with Gasteiger partial charge in [-0.1, -0.05) is 46.3 Å². The van der Waals surface area contributed by atoms with Crippen molar-refractivity contribution in [2.45, 2.75) is 31.3 Å². The summed E-state index contributed by atoms with van der Waals surface area (Å²) in [5, 5.41) is 10.3. The van der Waals surface area contributed by atoms with Crippen molar-refractivity contribution in [1.82, 2.24) is 0 Å². The first-order chi connectivity index (χ1) is 9.63. The van der Waals surface area contributed by atoms with E-state index in [0.29, 0.717) is 22.4 Å². The first-order valence-electron chi connectivity index (χ1n) is 6.85. The molecule has 0 saturated heterocycles. The Hall–Kier alpha value is -1.19. The third-order valence-corrected chi connectivity index (χ3v) is 4.27. The molecule has 2 aromatic carbocycles. The fourth-order valence-corrected chi connectivity index (χ4v) is 2.78. The lowest BCUT2D eigenvalue weighted by atomic mass is 9.98. The predicted octanol–water partition coefficient (Wildman–Crippen LogP) is 4.74. The highest BCUT2D eigenvalue weighted by Crippen LogP contribution is 2.40. The zero-order valence-corrected chi connectivity index (χ0v) is 12.6. The second-order valence-corrected chi connectivity index (χ2v) is 6.32. The van der Waals surface area contributed by atoms with Crippen molar-refractivity contribution in [2.24, 2.45) is 0 Å². The summed E-state index contributed by atoms with van der Waals surface area (Å²) in [6, 6.07) is 13.0. The third kappa shape index (κ3) is 3.10. The molecule has 3 heteroatoms. The van der Waals surface area contributed by atoms with Crippen molar-refractivity contribution in [3.63, 3.8) is 0 Å². The first-order valence-corrected chi connectivity index (χ1v) is 7.64. The summed E-state index contributed by atoms with van der Waals surface area (Å²) < 4.78 is 14.5. The SMILES string of the molecule is OC(Cc1ccc(Br)cc1F)c1cccc(C2CC2)c1. The second kappa shape index (κ2) is 5.66. The summed E-state index contributed by atoms with van der Waals surface area (Å²) >= 11 is 3.24. The molecule has 1 N–H and O–H groups in total. The number of aliphatic hydroxyl groups excluding tert-OH is 1. The molecule has 1 aliphatic carbocycles. The van der Waals surface area contributed by atoms with Gasteiger partial charge in [-0.15, -0.1) is 0 Å². The van der Waals surface area contributed by atoms with Crippen LogP contribution in [0.25, 0.3) is 0 Å². The summed E-state index contributed by atoms with van der Waals surface area (Å²) in [4.78, 5) is 0. The Morgan fingerprint density at radius 2 is 2.00 bits per heavy atom. The van der Waals surface area contributed by atoms with Crippen molar-refractivity contribution in [1.29, 1.82) is 0 Å². The summed E-state index contributed by atoms with van der Waals surface area (Å²) in [6.07, 6.45) is 2.11. The highest BCUT2D eigenvalue weighted by atomic mass is 79.9. The summed E-state index contributed by atoms with van der Waals surface area (Å²) in [6.45, 7) is 0. The third-order valence-electron chi connectivity index (χ3n) is 3.77. The summed E-state index contributed by atoms with van der Waals surface area (Å²) in [5.41, 5.74) is 2.70. The Bertz CT molecular complexity index is 622. The van der Waals surface area contributed by atoms with Gasteiger partial charge in [0.2, 0.25) is 0 Å². The second-order valence-electron chi connectivity index (χ2n) is 5.40. The first kappa shape index (κ1) is 13.8. The van der Waals surface area contributed by atoms with Gasteiger partial charge in [-0.3, -0.25) is 0 Å². The van der Waals surface area contributed by atoms with Crippen LogP contribution in [0, 0.1) is 5.82 Å². The van der Waals surface area contributed by atoms with E-state index in [1.807, 2.05) is 12.1 Å². The van der Waals surface area contributed by atoms with E-state index in [4.69, 9.17) is 0 Å². The molecule has 0 amide bonds. The fourth-order valence-electron chi connectivity index (χ4n) is 2.45. The molecule has 1 fully saturated rings. The van der Waals surface area contributed by atoms with Gasteiger partial charge in [0, 0.05) is 10.9 Å². The Kier molecular flexibility index (Phi) is 3.90. The molecular weight excluding hydrogens is 319 g/mol. The van der Waals surface area contributed by atoms with Gasteiger partial charge < -0.3 is 5.11 Å². The number of halogens is 2. The zero-order chi connectivity index (χ0) is 14.1. The number of benzene rings is 2. The Balaban J connectivity index is 1.78. The highest BCUT2D eigenvalue weighted by Gasteiger charge is 2.24. The predicted molar refractivity (Wildman–Crippen MR) is 81.2 cm³/mol. The number of hydrogen-bond acceptors (Lipinski definition) is 1. The standard InChI is InChI=1S/C17H16BrFO/c18-15-7-6-13(16(19)10-15)9-17(20)14-3-1-2-12(8-14)11-4-5-11/h1-3,6-8,10-11,17,20H,4-5,9H2. The molecule has 0 spiro atoms. The van der Waals surface area contributed by atoms with Crippen LogP contribution < -0.4 is 0 Å². The van der Waals surface area contributed by atoms with E-state index in [2.05, 4.69) is 28.1 Å². The lowest BCUT2D eigenvalue weighted by Crippen LogP contribution is -2.04. The minimum Gasteiger partial charge on any atom is -0.388 e. The number of hydrogen-bond donors (Lipinski definition) is 1. The quantitative estimate of drug-likeness (QED) is 0.855. The Morgan fingerprint density at radius 3 is 2.70 bits per heavy atom. The van der Waals surface area contributed by atoms with Crippen LogP contribution in [0.5, 0.6) is 0 Å². The molecule has 0 bridgehead atoms. The van der Waals surface area contributed by atoms with Crippen molar-refractivity contribution >= 4 is 15.9 Å². The normalized spacial score (nSPS) is 16.1. The van der Waals surface area contributed by atoms with E-state index in [1.54, 1.807) is 12.1 Å². The minimum atomic E-state index is -0.663. The molecule has 104 valence electrons. The van der Waals surface area contributed by atoms with Gasteiger partial charge in [0.05, 0.1) is 6.10 Å². The molecule has 3 rings (SSSR count). The molecule has 1 unspecified atom stereocenters. The van der Waals surface area contributed by atoms with E-state index in [0.717, 1.165) is 5.56 Å².